The third kappa shape index (κ3) is 2.15. The van der Waals surface area contributed by atoms with Crippen molar-refractivity contribution in [2.45, 2.75) is 19.1 Å². The van der Waals surface area contributed by atoms with Crippen molar-refractivity contribution in [3.63, 3.8) is 0 Å². The van der Waals surface area contributed by atoms with Crippen LogP contribution < -0.4 is 0 Å². The number of furan rings is 1. The molecule has 16 heavy (non-hydrogen) atoms. The zero-order valence-corrected chi connectivity index (χ0v) is 9.00. The molecule has 0 aliphatic rings. The second kappa shape index (κ2) is 4.51. The smallest absolute Gasteiger partial charge is 0.142 e. The fraction of sp³-hybridized carbons (Fsp3) is 0.231. The minimum absolute atomic E-state index is 0.383. The summed E-state index contributed by atoms with van der Waals surface area (Å²) >= 11 is 0. The third-order valence-electron chi connectivity index (χ3n) is 2.49. The highest BCUT2D eigenvalue weighted by Gasteiger charge is 2.22. The molecule has 0 fully saturated rings. The van der Waals surface area contributed by atoms with E-state index >= 15 is 0 Å². The molecule has 0 saturated carbocycles. The van der Waals surface area contributed by atoms with E-state index in [0.29, 0.717) is 17.1 Å². The van der Waals surface area contributed by atoms with Crippen LogP contribution in [0.1, 0.15) is 29.3 Å². The van der Waals surface area contributed by atoms with Crippen molar-refractivity contribution >= 4 is 0 Å². The molecule has 2 aromatic rings. The van der Waals surface area contributed by atoms with Crippen LogP contribution in [-0.4, -0.2) is 10.2 Å². The van der Waals surface area contributed by atoms with Crippen molar-refractivity contribution in [1.29, 1.82) is 0 Å². The minimum atomic E-state index is -1.03. The van der Waals surface area contributed by atoms with Gasteiger partial charge in [-0.1, -0.05) is 30.3 Å². The van der Waals surface area contributed by atoms with Crippen LogP contribution in [0.4, 0.5) is 0 Å². The Kier molecular flexibility index (Phi) is 3.08. The molecular formula is C13H14O3. The van der Waals surface area contributed by atoms with E-state index in [1.165, 1.54) is 0 Å². The van der Waals surface area contributed by atoms with Crippen molar-refractivity contribution in [2.24, 2.45) is 0 Å². The molecule has 1 heterocycles. The van der Waals surface area contributed by atoms with Crippen LogP contribution in [0.5, 0.6) is 0 Å². The van der Waals surface area contributed by atoms with Crippen molar-refractivity contribution in [2.75, 3.05) is 0 Å². The van der Waals surface area contributed by atoms with Gasteiger partial charge in [-0.05, 0) is 24.6 Å². The van der Waals surface area contributed by atoms with E-state index in [9.17, 15) is 10.2 Å². The largest absolute Gasteiger partial charge is 0.464 e. The van der Waals surface area contributed by atoms with Gasteiger partial charge in [-0.25, -0.2) is 0 Å². The summed E-state index contributed by atoms with van der Waals surface area (Å²) in [6, 6.07) is 12.5. The second-order valence-electron chi connectivity index (χ2n) is 3.75. The highest BCUT2D eigenvalue weighted by atomic mass is 16.4. The lowest BCUT2D eigenvalue weighted by Crippen LogP contribution is -2.09. The number of aliphatic hydroxyl groups excluding tert-OH is 2. The van der Waals surface area contributed by atoms with E-state index in [-0.39, 0.29) is 0 Å². The van der Waals surface area contributed by atoms with Crippen LogP contribution in [0.15, 0.2) is 46.9 Å². The maximum absolute atomic E-state index is 9.94. The molecule has 2 atom stereocenters. The lowest BCUT2D eigenvalue weighted by atomic mass is 10.0. The molecule has 84 valence electrons. The van der Waals surface area contributed by atoms with Crippen LogP contribution in [0.25, 0.3) is 0 Å². The first-order valence-corrected chi connectivity index (χ1v) is 5.16. The molecule has 0 aliphatic carbocycles. The Hall–Kier alpha value is -1.58. The maximum atomic E-state index is 9.94. The molecule has 1 aromatic heterocycles. The van der Waals surface area contributed by atoms with Gasteiger partial charge in [0.05, 0.1) is 0 Å². The molecule has 0 aliphatic heterocycles. The molecular weight excluding hydrogens is 204 g/mol. The summed E-state index contributed by atoms with van der Waals surface area (Å²) in [5, 5.41) is 19.9. The second-order valence-corrected chi connectivity index (χ2v) is 3.75. The summed E-state index contributed by atoms with van der Waals surface area (Å²) in [5.74, 6) is 1.10. The highest BCUT2D eigenvalue weighted by Crippen LogP contribution is 2.29. The average Bonchev–Trinajstić information content (AvgIpc) is 2.75. The Morgan fingerprint density at radius 2 is 1.62 bits per heavy atom. The van der Waals surface area contributed by atoms with Crippen molar-refractivity contribution < 1.29 is 14.6 Å². The lowest BCUT2D eigenvalue weighted by Gasteiger charge is -2.15. The van der Waals surface area contributed by atoms with E-state index in [1.807, 2.05) is 18.2 Å². The quantitative estimate of drug-likeness (QED) is 0.831. The predicted octanol–water partition coefficient (Wildman–Crippen LogP) is 2.36. The standard InChI is InChI=1S/C13H14O3/c1-9-7-8-11(16-9)13(15)12(14)10-5-3-2-4-6-10/h2-8,12-15H,1H3/t12-,13-/m1/s1. The Morgan fingerprint density at radius 1 is 0.938 bits per heavy atom. The van der Waals surface area contributed by atoms with E-state index < -0.39 is 12.2 Å². The van der Waals surface area contributed by atoms with E-state index in [1.54, 1.807) is 31.2 Å². The van der Waals surface area contributed by atoms with Gasteiger partial charge >= 0.3 is 0 Å². The zero-order valence-electron chi connectivity index (χ0n) is 9.00. The molecule has 0 spiro atoms. The first-order valence-electron chi connectivity index (χ1n) is 5.16. The molecule has 0 saturated heterocycles. The summed E-state index contributed by atoms with van der Waals surface area (Å²) < 4.78 is 5.28. The normalized spacial score (nSPS) is 14.7. The molecule has 1 aromatic carbocycles. The number of rotatable bonds is 3. The molecule has 0 amide bonds. The van der Waals surface area contributed by atoms with Crippen LogP contribution in [-0.2, 0) is 0 Å². The van der Waals surface area contributed by atoms with Gasteiger partial charge < -0.3 is 14.6 Å². The molecule has 2 N–H and O–H groups in total. The van der Waals surface area contributed by atoms with Gasteiger partial charge in [-0.2, -0.15) is 0 Å². The molecule has 0 unspecified atom stereocenters. The number of benzene rings is 1. The Balaban J connectivity index is 2.19. The zero-order chi connectivity index (χ0) is 11.5. The molecule has 3 nitrogen and oxygen atoms in total. The van der Waals surface area contributed by atoms with Crippen LogP contribution in [0.2, 0.25) is 0 Å². The highest BCUT2D eigenvalue weighted by molar-refractivity contribution is 5.21. The summed E-state index contributed by atoms with van der Waals surface area (Å²) in [5.41, 5.74) is 0.670. The lowest BCUT2D eigenvalue weighted by molar-refractivity contribution is 0.00376. The molecule has 2 rings (SSSR count). The van der Waals surface area contributed by atoms with Gasteiger partial charge in [0.1, 0.15) is 23.7 Å². The summed E-state index contributed by atoms with van der Waals surface area (Å²) in [6.45, 7) is 1.80. The van der Waals surface area contributed by atoms with Gasteiger partial charge in [0.25, 0.3) is 0 Å². The van der Waals surface area contributed by atoms with Gasteiger partial charge in [-0.15, -0.1) is 0 Å². The molecule has 0 radical (unpaired) electrons. The fourth-order valence-corrected chi connectivity index (χ4v) is 1.60. The minimum Gasteiger partial charge on any atom is -0.464 e. The van der Waals surface area contributed by atoms with Gasteiger partial charge in [0, 0.05) is 0 Å². The number of hydrogen-bond donors (Lipinski definition) is 2. The summed E-state index contributed by atoms with van der Waals surface area (Å²) in [4.78, 5) is 0. The molecule has 3 heteroatoms. The van der Waals surface area contributed by atoms with Crippen LogP contribution in [0, 0.1) is 6.92 Å². The third-order valence-corrected chi connectivity index (χ3v) is 2.49. The monoisotopic (exact) mass is 218 g/mol. The first kappa shape index (κ1) is 10.9. The summed E-state index contributed by atoms with van der Waals surface area (Å²) in [7, 11) is 0. The number of aryl methyl sites for hydroxylation is 1. The Labute approximate surface area is 94.0 Å². The Bertz CT molecular complexity index is 447. The van der Waals surface area contributed by atoms with E-state index in [4.69, 9.17) is 4.42 Å². The van der Waals surface area contributed by atoms with Crippen LogP contribution in [0.3, 0.4) is 0 Å². The van der Waals surface area contributed by atoms with Crippen molar-refractivity contribution in [3.8, 4) is 0 Å². The topological polar surface area (TPSA) is 53.6 Å². The number of hydrogen-bond acceptors (Lipinski definition) is 3. The predicted molar refractivity (Wildman–Crippen MR) is 59.8 cm³/mol. The van der Waals surface area contributed by atoms with Crippen molar-refractivity contribution in [3.05, 3.63) is 59.5 Å². The average molecular weight is 218 g/mol. The maximum Gasteiger partial charge on any atom is 0.142 e. The fourth-order valence-electron chi connectivity index (χ4n) is 1.60. The first-order chi connectivity index (χ1) is 7.68. The van der Waals surface area contributed by atoms with Gasteiger partial charge in [0.15, 0.2) is 0 Å². The van der Waals surface area contributed by atoms with Gasteiger partial charge in [0.2, 0.25) is 0 Å². The van der Waals surface area contributed by atoms with E-state index in [2.05, 4.69) is 0 Å². The Morgan fingerprint density at radius 3 is 2.19 bits per heavy atom. The van der Waals surface area contributed by atoms with Gasteiger partial charge in [-0.3, -0.25) is 0 Å². The summed E-state index contributed by atoms with van der Waals surface area (Å²) in [6.07, 6.45) is -2.00. The number of aliphatic hydroxyl groups is 2. The molecule has 0 bridgehead atoms. The van der Waals surface area contributed by atoms with Crippen molar-refractivity contribution in [1.82, 2.24) is 0 Å². The van der Waals surface area contributed by atoms with Crippen LogP contribution >= 0.6 is 0 Å². The van der Waals surface area contributed by atoms with E-state index in [0.717, 1.165) is 0 Å². The SMILES string of the molecule is Cc1ccc([C@@H](O)[C@H](O)c2ccccc2)o1.